The molecule has 1 aromatic heterocycles. The fraction of sp³-hybridized carbons (Fsp3) is 0.143. The van der Waals surface area contributed by atoms with Crippen molar-refractivity contribution >= 4 is 16.9 Å². The highest BCUT2D eigenvalue weighted by Crippen LogP contribution is 2.28. The van der Waals surface area contributed by atoms with Crippen molar-refractivity contribution in [2.75, 3.05) is 7.11 Å². The second-order valence-electron chi connectivity index (χ2n) is 3.94. The lowest BCUT2D eigenvalue weighted by molar-refractivity contribution is 0.415. The molecule has 0 bridgehead atoms. The van der Waals surface area contributed by atoms with Crippen molar-refractivity contribution in [1.29, 1.82) is 5.26 Å². The van der Waals surface area contributed by atoms with Crippen molar-refractivity contribution in [3.05, 3.63) is 41.0 Å². The number of ether oxygens (including phenoxy) is 1. The summed E-state index contributed by atoms with van der Waals surface area (Å²) in [6.45, 7) is 1.70. The molecule has 0 atom stereocenters. The first-order valence-electron chi connectivity index (χ1n) is 5.62. The van der Waals surface area contributed by atoms with Gasteiger partial charge in [-0.3, -0.25) is 0 Å². The number of nitrogens with two attached hydrogens (primary N) is 1. The molecule has 0 unspecified atom stereocenters. The summed E-state index contributed by atoms with van der Waals surface area (Å²) in [5.74, 6) is 0.802. The maximum atomic E-state index is 9.06. The number of hydrogen-bond donors (Lipinski definition) is 1. The number of nitrogens with zero attached hydrogens (tertiary/aromatic N) is 2. The van der Waals surface area contributed by atoms with Crippen LogP contribution in [0.3, 0.4) is 0 Å². The minimum absolute atomic E-state index is 0.427. The number of rotatable bonds is 3. The van der Waals surface area contributed by atoms with Gasteiger partial charge in [-0.25, -0.2) is 4.98 Å². The van der Waals surface area contributed by atoms with Crippen LogP contribution in [-0.4, -0.2) is 12.1 Å². The standard InChI is InChI=1S/C14H13N3OS/c1-9(16)12(7-15)13-8-19-14(17-13)10-3-5-11(18-2)6-4-10/h3-6,8H,16H2,1-2H3/b12-9-. The van der Waals surface area contributed by atoms with E-state index in [0.717, 1.165) is 16.3 Å². The molecule has 96 valence electrons. The SMILES string of the molecule is COc1ccc(-c2nc(/C(C#N)=C(/C)N)cs2)cc1. The van der Waals surface area contributed by atoms with E-state index in [2.05, 4.69) is 11.1 Å². The summed E-state index contributed by atoms with van der Waals surface area (Å²) in [5, 5.41) is 11.8. The fourth-order valence-electron chi connectivity index (χ4n) is 1.60. The molecule has 2 rings (SSSR count). The van der Waals surface area contributed by atoms with Crippen molar-refractivity contribution in [1.82, 2.24) is 4.98 Å². The lowest BCUT2D eigenvalue weighted by Gasteiger charge is -2.00. The van der Waals surface area contributed by atoms with Crippen LogP contribution < -0.4 is 10.5 Å². The predicted octanol–water partition coefficient (Wildman–Crippen LogP) is 3.03. The molecule has 0 aliphatic carbocycles. The molecule has 0 spiro atoms. The Bertz CT molecular complexity index is 646. The van der Waals surface area contributed by atoms with Crippen LogP contribution in [0.4, 0.5) is 0 Å². The topological polar surface area (TPSA) is 71.9 Å². The molecule has 19 heavy (non-hydrogen) atoms. The van der Waals surface area contributed by atoms with Crippen molar-refractivity contribution in [3.8, 4) is 22.4 Å². The Balaban J connectivity index is 2.36. The van der Waals surface area contributed by atoms with Crippen LogP contribution in [0.15, 0.2) is 35.3 Å². The monoisotopic (exact) mass is 271 g/mol. The summed E-state index contributed by atoms with van der Waals surface area (Å²) in [7, 11) is 1.63. The Labute approximate surface area is 115 Å². The molecule has 0 saturated carbocycles. The lowest BCUT2D eigenvalue weighted by Crippen LogP contribution is -1.96. The van der Waals surface area contributed by atoms with Crippen LogP contribution in [0.5, 0.6) is 5.75 Å². The third kappa shape index (κ3) is 2.75. The van der Waals surface area contributed by atoms with Gasteiger partial charge in [0.2, 0.25) is 0 Å². The third-order valence-electron chi connectivity index (χ3n) is 2.60. The smallest absolute Gasteiger partial charge is 0.124 e. The molecule has 1 heterocycles. The summed E-state index contributed by atoms with van der Waals surface area (Å²) >= 11 is 1.48. The van der Waals surface area contributed by atoms with Crippen LogP contribution in [0.1, 0.15) is 12.6 Å². The van der Waals surface area contributed by atoms with E-state index in [9.17, 15) is 0 Å². The molecule has 0 aliphatic heterocycles. The highest BCUT2D eigenvalue weighted by atomic mass is 32.1. The summed E-state index contributed by atoms with van der Waals surface area (Å²) in [5.41, 5.74) is 8.19. The minimum atomic E-state index is 0.427. The summed E-state index contributed by atoms with van der Waals surface area (Å²) in [6, 6.07) is 9.71. The molecular weight excluding hydrogens is 258 g/mol. The van der Waals surface area contributed by atoms with E-state index in [0.29, 0.717) is 17.0 Å². The highest BCUT2D eigenvalue weighted by molar-refractivity contribution is 7.13. The van der Waals surface area contributed by atoms with Gasteiger partial charge in [0.1, 0.15) is 16.8 Å². The second-order valence-corrected chi connectivity index (χ2v) is 4.79. The van der Waals surface area contributed by atoms with Crippen molar-refractivity contribution in [2.24, 2.45) is 5.73 Å². The number of allylic oxidation sites excluding steroid dienone is 2. The van der Waals surface area contributed by atoms with Gasteiger partial charge in [0.25, 0.3) is 0 Å². The molecule has 1 aromatic carbocycles. The van der Waals surface area contributed by atoms with Crippen LogP contribution in [0.2, 0.25) is 0 Å². The molecule has 4 nitrogen and oxygen atoms in total. The zero-order chi connectivity index (χ0) is 13.8. The second kappa shape index (κ2) is 5.55. The van der Waals surface area contributed by atoms with Crippen LogP contribution >= 0.6 is 11.3 Å². The lowest BCUT2D eigenvalue weighted by atomic mass is 10.2. The van der Waals surface area contributed by atoms with E-state index in [-0.39, 0.29) is 0 Å². The van der Waals surface area contributed by atoms with E-state index in [1.165, 1.54) is 11.3 Å². The van der Waals surface area contributed by atoms with E-state index in [1.807, 2.05) is 29.6 Å². The largest absolute Gasteiger partial charge is 0.497 e. The quantitative estimate of drug-likeness (QED) is 0.871. The average Bonchev–Trinajstić information content (AvgIpc) is 2.89. The van der Waals surface area contributed by atoms with E-state index < -0.39 is 0 Å². The Morgan fingerprint density at radius 2 is 2.05 bits per heavy atom. The molecule has 0 aliphatic rings. The number of benzene rings is 1. The van der Waals surface area contributed by atoms with Crippen LogP contribution in [-0.2, 0) is 0 Å². The molecule has 0 radical (unpaired) electrons. The minimum Gasteiger partial charge on any atom is -0.497 e. The predicted molar refractivity (Wildman–Crippen MR) is 76.5 cm³/mol. The maximum absolute atomic E-state index is 9.06. The van der Waals surface area contributed by atoms with Gasteiger partial charge in [-0.05, 0) is 31.2 Å². The molecule has 0 fully saturated rings. The summed E-state index contributed by atoms with van der Waals surface area (Å²) in [6.07, 6.45) is 0. The van der Waals surface area contributed by atoms with Gasteiger partial charge in [0.15, 0.2) is 0 Å². The number of nitriles is 1. The maximum Gasteiger partial charge on any atom is 0.124 e. The van der Waals surface area contributed by atoms with E-state index in [4.69, 9.17) is 15.7 Å². The Morgan fingerprint density at radius 1 is 1.37 bits per heavy atom. The van der Waals surface area contributed by atoms with Gasteiger partial charge in [-0.2, -0.15) is 5.26 Å². The summed E-state index contributed by atoms with van der Waals surface area (Å²) < 4.78 is 5.11. The van der Waals surface area contributed by atoms with Gasteiger partial charge < -0.3 is 10.5 Å². The van der Waals surface area contributed by atoms with Gasteiger partial charge in [-0.1, -0.05) is 0 Å². The first-order chi connectivity index (χ1) is 9.15. The normalized spacial score (nSPS) is 11.6. The first-order valence-corrected chi connectivity index (χ1v) is 6.50. The average molecular weight is 271 g/mol. The van der Waals surface area contributed by atoms with Gasteiger partial charge >= 0.3 is 0 Å². The molecule has 2 aromatic rings. The number of thiazole rings is 1. The van der Waals surface area contributed by atoms with Gasteiger partial charge in [0, 0.05) is 16.6 Å². The van der Waals surface area contributed by atoms with Crippen molar-refractivity contribution in [2.45, 2.75) is 6.92 Å². The first kappa shape index (κ1) is 13.1. The van der Waals surface area contributed by atoms with E-state index in [1.54, 1.807) is 14.0 Å². The van der Waals surface area contributed by atoms with Gasteiger partial charge in [0.05, 0.1) is 18.4 Å². The van der Waals surface area contributed by atoms with Gasteiger partial charge in [-0.15, -0.1) is 11.3 Å². The Morgan fingerprint density at radius 3 is 2.58 bits per heavy atom. The number of hydrogen-bond acceptors (Lipinski definition) is 5. The Kier molecular flexibility index (Phi) is 3.83. The molecule has 0 saturated heterocycles. The highest BCUT2D eigenvalue weighted by Gasteiger charge is 2.10. The molecule has 5 heteroatoms. The van der Waals surface area contributed by atoms with Crippen molar-refractivity contribution < 1.29 is 4.74 Å². The van der Waals surface area contributed by atoms with Crippen LogP contribution in [0, 0.1) is 11.3 Å². The molecule has 0 amide bonds. The Hall–Kier alpha value is -2.32. The third-order valence-corrected chi connectivity index (χ3v) is 3.49. The molecule has 2 N–H and O–H groups in total. The van der Waals surface area contributed by atoms with Crippen LogP contribution in [0.25, 0.3) is 16.1 Å². The number of aromatic nitrogens is 1. The van der Waals surface area contributed by atoms with Crippen molar-refractivity contribution in [3.63, 3.8) is 0 Å². The zero-order valence-corrected chi connectivity index (χ0v) is 11.5. The fourth-order valence-corrected chi connectivity index (χ4v) is 2.42. The summed E-state index contributed by atoms with van der Waals surface area (Å²) in [4.78, 5) is 4.45. The molecular formula is C14H13N3OS. The number of methoxy groups -OCH3 is 1. The van der Waals surface area contributed by atoms with E-state index >= 15 is 0 Å². The zero-order valence-electron chi connectivity index (χ0n) is 10.7.